The van der Waals surface area contributed by atoms with Crippen molar-refractivity contribution >= 4 is 34.4 Å². The van der Waals surface area contributed by atoms with E-state index in [1.54, 1.807) is 0 Å². The first-order valence-corrected chi connectivity index (χ1v) is 5.35. The first-order chi connectivity index (χ1) is 6.74. The van der Waals surface area contributed by atoms with Crippen LogP contribution in [0, 0.1) is 0 Å². The van der Waals surface area contributed by atoms with E-state index in [1.807, 2.05) is 0 Å². The molecule has 0 aliphatic carbocycles. The Bertz CT molecular complexity index is 326. The number of hydrogen-bond donors (Lipinski definition) is 3. The molecule has 5 unspecified atom stereocenters. The number of nitrogens with two attached hydrogens (primary N) is 3. The molecule has 15 heavy (non-hydrogen) atoms. The SMILES string of the molecule is C=NC1(N)OC1(N)SC1(N)OC1(P)N=C. The number of hydrogen-bond acceptors (Lipinski definition) is 8. The Labute approximate surface area is 93.0 Å². The monoisotopic (exact) mass is 249 g/mol. The average Bonchev–Trinajstić information content (AvgIpc) is 2.88. The first kappa shape index (κ1) is 11.4. The van der Waals surface area contributed by atoms with E-state index in [4.69, 9.17) is 26.7 Å². The molecule has 2 saturated heterocycles. The van der Waals surface area contributed by atoms with Gasteiger partial charge in [-0.3, -0.25) is 26.9 Å². The Balaban J connectivity index is 2.08. The molecule has 2 aliphatic heterocycles. The summed E-state index contributed by atoms with van der Waals surface area (Å²) in [6.45, 7) is 6.64. The smallest absolute Gasteiger partial charge is 0.270 e. The maximum atomic E-state index is 5.85. The molecule has 2 aliphatic rings. The van der Waals surface area contributed by atoms with Gasteiger partial charge in [0.1, 0.15) is 0 Å². The van der Waals surface area contributed by atoms with Crippen LogP contribution in [0.5, 0.6) is 0 Å². The number of aliphatic imine (C=N–C) groups is 2. The lowest BCUT2D eigenvalue weighted by atomic mass is 10.5. The van der Waals surface area contributed by atoms with E-state index in [9.17, 15) is 0 Å². The highest BCUT2D eigenvalue weighted by Crippen LogP contribution is 2.64. The van der Waals surface area contributed by atoms with Gasteiger partial charge in [0.2, 0.25) is 15.6 Å². The molecule has 6 N–H and O–H groups in total. The van der Waals surface area contributed by atoms with Crippen LogP contribution in [0.4, 0.5) is 0 Å². The van der Waals surface area contributed by atoms with Gasteiger partial charge in [0.15, 0.2) is 0 Å². The molecule has 0 amide bonds. The van der Waals surface area contributed by atoms with Crippen molar-refractivity contribution in [1.29, 1.82) is 0 Å². The van der Waals surface area contributed by atoms with Crippen LogP contribution in [0.15, 0.2) is 9.98 Å². The van der Waals surface area contributed by atoms with Crippen LogP contribution in [-0.2, 0) is 9.47 Å². The van der Waals surface area contributed by atoms with E-state index < -0.39 is 21.4 Å². The van der Waals surface area contributed by atoms with Crippen molar-refractivity contribution in [3.8, 4) is 0 Å². The quantitative estimate of drug-likeness (QED) is 0.242. The van der Waals surface area contributed by atoms with Crippen LogP contribution in [-0.4, -0.2) is 34.9 Å². The van der Waals surface area contributed by atoms with Gasteiger partial charge in [-0.05, 0) is 25.2 Å². The molecule has 0 spiro atoms. The summed E-state index contributed by atoms with van der Waals surface area (Å²) in [7, 11) is 2.34. The van der Waals surface area contributed by atoms with Crippen LogP contribution in [0.2, 0.25) is 0 Å². The fourth-order valence-corrected chi connectivity index (χ4v) is 2.77. The number of thioether (sulfide) groups is 1. The maximum Gasteiger partial charge on any atom is 0.270 e. The third-order valence-electron chi connectivity index (χ3n) is 2.30. The fourth-order valence-electron chi connectivity index (χ4n) is 1.11. The molecule has 2 heterocycles. The minimum absolute atomic E-state index is 0.946. The highest BCUT2D eigenvalue weighted by molar-refractivity contribution is 8.02. The molecule has 0 saturated carbocycles. The van der Waals surface area contributed by atoms with E-state index in [1.165, 1.54) is 0 Å². The topological polar surface area (TPSA) is 128 Å². The first-order valence-electron chi connectivity index (χ1n) is 3.96. The van der Waals surface area contributed by atoms with Crippen molar-refractivity contribution < 1.29 is 9.47 Å². The molecule has 2 fully saturated rings. The van der Waals surface area contributed by atoms with Gasteiger partial charge in [0.05, 0.1) is 0 Å². The number of rotatable bonds is 4. The van der Waals surface area contributed by atoms with E-state index in [0.29, 0.717) is 0 Å². The van der Waals surface area contributed by atoms with E-state index >= 15 is 0 Å². The molecular formula is C6H12N5O2PS. The Morgan fingerprint density at radius 1 is 1.07 bits per heavy atom. The molecule has 0 aromatic rings. The summed E-state index contributed by atoms with van der Waals surface area (Å²) < 4.78 is 10.2. The third-order valence-corrected chi connectivity index (χ3v) is 4.60. The standard InChI is InChI=1S/C6H12N5O2PS/c1-10-3(7)4(8,12-3)15-5(9)6(14,11-2)13-5/h1-2,7-9,14H2. The van der Waals surface area contributed by atoms with Gasteiger partial charge in [0, 0.05) is 0 Å². The minimum Gasteiger partial charge on any atom is -0.309 e. The zero-order valence-electron chi connectivity index (χ0n) is 7.84. The minimum atomic E-state index is -1.32. The lowest BCUT2D eigenvalue weighted by Gasteiger charge is -2.12. The van der Waals surface area contributed by atoms with Crippen LogP contribution < -0.4 is 17.2 Å². The molecule has 0 aromatic heterocycles. The second kappa shape index (κ2) is 2.78. The second-order valence-electron chi connectivity index (χ2n) is 3.35. The summed E-state index contributed by atoms with van der Waals surface area (Å²) >= 11 is 0.997. The van der Waals surface area contributed by atoms with Crippen LogP contribution >= 0.6 is 21.0 Å². The van der Waals surface area contributed by atoms with Crippen LogP contribution in [0.25, 0.3) is 0 Å². The Hall–Kier alpha value is -0.0800. The van der Waals surface area contributed by atoms with Crippen molar-refractivity contribution in [2.24, 2.45) is 27.2 Å². The van der Waals surface area contributed by atoms with Gasteiger partial charge in [-0.15, -0.1) is 0 Å². The number of nitrogens with zero attached hydrogens (tertiary/aromatic N) is 2. The molecule has 0 bridgehead atoms. The van der Waals surface area contributed by atoms with Gasteiger partial charge >= 0.3 is 0 Å². The summed E-state index contributed by atoms with van der Waals surface area (Å²) in [6, 6.07) is 0. The van der Waals surface area contributed by atoms with Gasteiger partial charge in [-0.1, -0.05) is 9.24 Å². The third kappa shape index (κ3) is 1.38. The normalized spacial score (nSPS) is 57.3. The molecule has 7 nitrogen and oxygen atoms in total. The zero-order valence-corrected chi connectivity index (χ0v) is 9.81. The van der Waals surface area contributed by atoms with E-state index in [-0.39, 0.29) is 0 Å². The average molecular weight is 249 g/mol. The Morgan fingerprint density at radius 2 is 1.67 bits per heavy atom. The summed E-state index contributed by atoms with van der Waals surface area (Å²) in [4.78, 5) is 7.28. The summed E-state index contributed by atoms with van der Waals surface area (Å²) in [6.07, 6.45) is 0. The van der Waals surface area contributed by atoms with Gasteiger partial charge in [0.25, 0.3) is 5.85 Å². The van der Waals surface area contributed by atoms with Crippen molar-refractivity contribution in [3.63, 3.8) is 0 Å². The highest BCUT2D eigenvalue weighted by Gasteiger charge is 2.77. The van der Waals surface area contributed by atoms with Crippen LogP contribution in [0.3, 0.4) is 0 Å². The molecule has 84 valence electrons. The van der Waals surface area contributed by atoms with E-state index in [2.05, 4.69) is 32.7 Å². The van der Waals surface area contributed by atoms with Gasteiger partial charge in [-0.2, -0.15) is 0 Å². The predicted octanol–water partition coefficient (Wildman–Crippen LogP) is -1.45. The molecule has 5 atom stereocenters. The summed E-state index contributed by atoms with van der Waals surface area (Å²) in [5, 5.41) is -2.34. The van der Waals surface area contributed by atoms with E-state index in [0.717, 1.165) is 11.8 Å². The van der Waals surface area contributed by atoms with Crippen molar-refractivity contribution in [1.82, 2.24) is 0 Å². The highest BCUT2D eigenvalue weighted by atomic mass is 32.2. The van der Waals surface area contributed by atoms with Gasteiger partial charge in [-0.25, -0.2) is 4.99 Å². The summed E-state index contributed by atoms with van der Waals surface area (Å²) in [5.41, 5.74) is 16.3. The molecule has 9 heteroatoms. The van der Waals surface area contributed by atoms with Crippen molar-refractivity contribution in [2.45, 2.75) is 21.4 Å². The molecule has 2 rings (SSSR count). The van der Waals surface area contributed by atoms with Crippen LogP contribution in [0.1, 0.15) is 0 Å². The predicted molar refractivity (Wildman–Crippen MR) is 62.1 cm³/mol. The van der Waals surface area contributed by atoms with Crippen molar-refractivity contribution in [3.05, 3.63) is 0 Å². The van der Waals surface area contributed by atoms with Gasteiger partial charge < -0.3 is 4.74 Å². The van der Waals surface area contributed by atoms with Crippen molar-refractivity contribution in [2.75, 3.05) is 0 Å². The Kier molecular flexibility index (Phi) is 2.11. The number of epoxide rings is 2. The Morgan fingerprint density at radius 3 is 2.00 bits per heavy atom. The zero-order chi connectivity index (χ0) is 11.5. The largest absolute Gasteiger partial charge is 0.309 e. The lowest BCUT2D eigenvalue weighted by Crippen LogP contribution is -2.42. The fraction of sp³-hybridized carbons (Fsp3) is 0.667. The summed E-state index contributed by atoms with van der Waals surface area (Å²) in [5.74, 6) is -1.32. The second-order valence-corrected chi connectivity index (χ2v) is 5.55. The molecular weight excluding hydrogens is 237 g/mol. The lowest BCUT2D eigenvalue weighted by molar-refractivity contribution is 0.299. The molecule has 0 radical (unpaired) electrons. The number of ether oxygens (including phenoxy) is 2. The molecule has 0 aromatic carbocycles. The maximum absolute atomic E-state index is 5.85.